The SMILES string of the molecule is COc1ccccc1CNC(=O)[C@]1(C)Cn2c(cc3ccccc32)C(=O)N1Cc1ccc2c(c1)OCO2. The molecule has 2 amide bonds. The van der Waals surface area contributed by atoms with Gasteiger partial charge < -0.3 is 29.0 Å². The Morgan fingerprint density at radius 1 is 1.03 bits per heavy atom. The van der Waals surface area contributed by atoms with Gasteiger partial charge in [0.05, 0.1) is 13.7 Å². The van der Waals surface area contributed by atoms with E-state index in [0.29, 0.717) is 29.5 Å². The van der Waals surface area contributed by atoms with E-state index < -0.39 is 5.54 Å². The van der Waals surface area contributed by atoms with Gasteiger partial charge in [0.1, 0.15) is 17.0 Å². The van der Waals surface area contributed by atoms with Crippen LogP contribution in [0.2, 0.25) is 0 Å². The summed E-state index contributed by atoms with van der Waals surface area (Å²) in [5, 5.41) is 4.03. The van der Waals surface area contributed by atoms with Crippen molar-refractivity contribution in [2.75, 3.05) is 13.9 Å². The maximum atomic E-state index is 14.0. The lowest BCUT2D eigenvalue weighted by Gasteiger charge is -2.44. The molecule has 0 fully saturated rings. The first-order chi connectivity index (χ1) is 18.0. The third-order valence-corrected chi connectivity index (χ3v) is 7.24. The minimum absolute atomic E-state index is 0.171. The third-order valence-electron chi connectivity index (χ3n) is 7.24. The van der Waals surface area contributed by atoms with Crippen LogP contribution >= 0.6 is 0 Å². The molecule has 188 valence electrons. The lowest BCUT2D eigenvalue weighted by atomic mass is 9.93. The molecule has 2 aliphatic rings. The van der Waals surface area contributed by atoms with Gasteiger partial charge in [-0.25, -0.2) is 0 Å². The predicted octanol–water partition coefficient (Wildman–Crippen LogP) is 4.11. The van der Waals surface area contributed by atoms with Gasteiger partial charge in [-0.15, -0.1) is 0 Å². The second-order valence-electron chi connectivity index (χ2n) is 9.52. The Bertz CT molecular complexity index is 1530. The second-order valence-corrected chi connectivity index (χ2v) is 9.52. The van der Waals surface area contributed by atoms with E-state index in [4.69, 9.17) is 14.2 Å². The van der Waals surface area contributed by atoms with Gasteiger partial charge in [0.2, 0.25) is 12.7 Å². The van der Waals surface area contributed by atoms with E-state index in [1.807, 2.05) is 84.3 Å². The van der Waals surface area contributed by atoms with Crippen molar-refractivity contribution in [3.8, 4) is 17.2 Å². The molecule has 37 heavy (non-hydrogen) atoms. The number of nitrogens with zero attached hydrogens (tertiary/aromatic N) is 2. The highest BCUT2D eigenvalue weighted by atomic mass is 16.7. The number of ether oxygens (including phenoxy) is 3. The maximum Gasteiger partial charge on any atom is 0.271 e. The number of aromatic nitrogens is 1. The molecule has 3 heterocycles. The molecule has 2 aliphatic heterocycles. The van der Waals surface area contributed by atoms with Crippen molar-refractivity contribution in [2.24, 2.45) is 0 Å². The van der Waals surface area contributed by atoms with Gasteiger partial charge >= 0.3 is 0 Å². The number of carbonyl (C=O) groups is 2. The summed E-state index contributed by atoms with van der Waals surface area (Å²) in [5.41, 5.74) is 2.06. The molecule has 0 spiro atoms. The lowest BCUT2D eigenvalue weighted by molar-refractivity contribution is -0.133. The number of amides is 2. The molecule has 1 N–H and O–H groups in total. The molecule has 1 aromatic heterocycles. The molecular weight excluding hydrogens is 470 g/mol. The Morgan fingerprint density at radius 2 is 1.81 bits per heavy atom. The van der Waals surface area contributed by atoms with Crippen molar-refractivity contribution in [1.29, 1.82) is 0 Å². The summed E-state index contributed by atoms with van der Waals surface area (Å²) < 4.78 is 18.4. The smallest absolute Gasteiger partial charge is 0.271 e. The summed E-state index contributed by atoms with van der Waals surface area (Å²) in [4.78, 5) is 29.5. The summed E-state index contributed by atoms with van der Waals surface area (Å²) in [6, 6.07) is 22.9. The molecule has 4 aromatic rings. The van der Waals surface area contributed by atoms with Gasteiger partial charge in [-0.3, -0.25) is 9.59 Å². The minimum Gasteiger partial charge on any atom is -0.496 e. The second kappa shape index (κ2) is 8.89. The number of rotatable bonds is 6. The number of methoxy groups -OCH3 is 1. The molecular formula is C29H27N3O5. The van der Waals surface area contributed by atoms with Crippen LogP contribution in [0, 0.1) is 0 Å². The number of nitrogens with one attached hydrogen (secondary N) is 1. The molecule has 0 radical (unpaired) electrons. The Morgan fingerprint density at radius 3 is 2.68 bits per heavy atom. The van der Waals surface area contributed by atoms with Gasteiger partial charge in [0, 0.05) is 29.6 Å². The van der Waals surface area contributed by atoms with Crippen LogP contribution in [-0.2, 0) is 24.4 Å². The molecule has 0 saturated heterocycles. The normalized spacial score (nSPS) is 18.1. The molecule has 6 rings (SSSR count). The monoisotopic (exact) mass is 497 g/mol. The third kappa shape index (κ3) is 3.85. The summed E-state index contributed by atoms with van der Waals surface area (Å²) in [6.45, 7) is 2.85. The first-order valence-electron chi connectivity index (χ1n) is 12.2. The number of hydrogen-bond donors (Lipinski definition) is 1. The van der Waals surface area contributed by atoms with Crippen molar-refractivity contribution < 1.29 is 23.8 Å². The molecule has 0 bridgehead atoms. The van der Waals surface area contributed by atoms with Crippen molar-refractivity contribution in [1.82, 2.24) is 14.8 Å². The van der Waals surface area contributed by atoms with Crippen LogP contribution in [0.3, 0.4) is 0 Å². The summed E-state index contributed by atoms with van der Waals surface area (Å²) in [7, 11) is 1.60. The van der Waals surface area contributed by atoms with Crippen molar-refractivity contribution >= 4 is 22.7 Å². The van der Waals surface area contributed by atoms with E-state index in [0.717, 1.165) is 22.0 Å². The van der Waals surface area contributed by atoms with Crippen LogP contribution in [-0.4, -0.2) is 40.7 Å². The number of benzene rings is 3. The quantitative estimate of drug-likeness (QED) is 0.434. The molecule has 8 heteroatoms. The minimum atomic E-state index is -1.15. The Hall–Kier alpha value is -4.46. The van der Waals surface area contributed by atoms with E-state index in [1.54, 1.807) is 12.0 Å². The van der Waals surface area contributed by atoms with Gasteiger partial charge in [-0.05, 0) is 42.8 Å². The highest BCUT2D eigenvalue weighted by Gasteiger charge is 2.47. The Labute approximate surface area is 214 Å². The molecule has 0 unspecified atom stereocenters. The predicted molar refractivity (Wildman–Crippen MR) is 138 cm³/mol. The average Bonchev–Trinajstić information content (AvgIpc) is 3.54. The summed E-state index contributed by atoms with van der Waals surface area (Å²) >= 11 is 0. The zero-order valence-electron chi connectivity index (χ0n) is 20.7. The van der Waals surface area contributed by atoms with E-state index in [-0.39, 0.29) is 31.7 Å². The number of carbonyl (C=O) groups excluding carboxylic acids is 2. The van der Waals surface area contributed by atoms with E-state index in [9.17, 15) is 9.59 Å². The van der Waals surface area contributed by atoms with Gasteiger partial charge in [0.25, 0.3) is 5.91 Å². The van der Waals surface area contributed by atoms with Crippen molar-refractivity contribution in [3.63, 3.8) is 0 Å². The standard InChI is InChI=1S/C29H27N3O5/c1-29(28(34)30-15-21-8-4-6-10-24(21)35-2)17-31-22-9-5-3-7-20(22)14-23(31)27(33)32(29)16-19-11-12-25-26(13-19)37-18-36-25/h3-14H,15-18H2,1-2H3,(H,30,34)/t29-/m0/s1. The van der Waals surface area contributed by atoms with Crippen LogP contribution in [0.15, 0.2) is 72.8 Å². The topological polar surface area (TPSA) is 82.0 Å². The van der Waals surface area contributed by atoms with Crippen molar-refractivity contribution in [2.45, 2.75) is 32.1 Å². The summed E-state index contributed by atoms with van der Waals surface area (Å²) in [6.07, 6.45) is 0. The van der Waals surface area contributed by atoms with E-state index in [1.165, 1.54) is 0 Å². The first-order valence-corrected chi connectivity index (χ1v) is 12.2. The fourth-order valence-corrected chi connectivity index (χ4v) is 5.19. The molecule has 3 aromatic carbocycles. The molecule has 0 aliphatic carbocycles. The fraction of sp³-hybridized carbons (Fsp3) is 0.241. The van der Waals surface area contributed by atoms with Gasteiger partial charge in [-0.2, -0.15) is 0 Å². The van der Waals surface area contributed by atoms with Gasteiger partial charge in [-0.1, -0.05) is 42.5 Å². The average molecular weight is 498 g/mol. The Kier molecular flexibility index (Phi) is 5.52. The van der Waals surface area contributed by atoms with Crippen LogP contribution in [0.5, 0.6) is 17.2 Å². The first kappa shape index (κ1) is 23.0. The number of hydrogen-bond acceptors (Lipinski definition) is 5. The van der Waals surface area contributed by atoms with Crippen molar-refractivity contribution in [3.05, 3.63) is 89.6 Å². The highest BCUT2D eigenvalue weighted by Crippen LogP contribution is 2.36. The van der Waals surface area contributed by atoms with Crippen LogP contribution in [0.1, 0.15) is 28.5 Å². The van der Waals surface area contributed by atoms with E-state index in [2.05, 4.69) is 5.32 Å². The van der Waals surface area contributed by atoms with Gasteiger partial charge in [0.15, 0.2) is 11.5 Å². The van der Waals surface area contributed by atoms with E-state index >= 15 is 0 Å². The number of para-hydroxylation sites is 2. The highest BCUT2D eigenvalue weighted by molar-refractivity contribution is 6.03. The molecule has 0 saturated carbocycles. The largest absolute Gasteiger partial charge is 0.496 e. The lowest BCUT2D eigenvalue weighted by Crippen LogP contribution is -2.63. The zero-order valence-corrected chi connectivity index (χ0v) is 20.7. The molecule has 1 atom stereocenters. The maximum absolute atomic E-state index is 14.0. The van der Waals surface area contributed by atoms with Crippen LogP contribution < -0.4 is 19.5 Å². The summed E-state index contributed by atoms with van der Waals surface area (Å²) in [5.74, 6) is 1.57. The Balaban J connectivity index is 1.37. The number of fused-ring (bicyclic) bond motifs is 4. The van der Waals surface area contributed by atoms with Crippen LogP contribution in [0.4, 0.5) is 0 Å². The fourth-order valence-electron chi connectivity index (χ4n) is 5.19. The zero-order chi connectivity index (χ0) is 25.6. The molecule has 8 nitrogen and oxygen atoms in total. The van der Waals surface area contributed by atoms with Crippen LogP contribution in [0.25, 0.3) is 10.9 Å².